The van der Waals surface area contributed by atoms with Crippen molar-refractivity contribution >= 4 is 39.0 Å². The highest BCUT2D eigenvalue weighted by Gasteiger charge is 1.98. The Hall–Kier alpha value is 0.200. The van der Waals surface area contributed by atoms with Crippen LogP contribution in [0.15, 0.2) is 20.8 Å². The lowest BCUT2D eigenvalue weighted by Crippen LogP contribution is -1.75. The van der Waals surface area contributed by atoms with Crippen molar-refractivity contribution in [2.45, 2.75) is 11.3 Å². The third kappa shape index (κ3) is 3.40. The Morgan fingerprint density at radius 1 is 1.91 bits per heavy atom. The summed E-state index contributed by atoms with van der Waals surface area (Å²) in [6.45, 7) is 5.75. The molecule has 0 saturated heterocycles. The number of rotatable bonds is 3. The van der Waals surface area contributed by atoms with Crippen LogP contribution in [0.2, 0.25) is 0 Å². The molecule has 0 amide bonds. The molecule has 0 aliphatic rings. The van der Waals surface area contributed by atoms with Crippen molar-refractivity contribution in [1.29, 1.82) is 0 Å². The molecule has 1 aromatic rings. The normalized spacial score (nSPS) is 10.0. The molecule has 4 heteroatoms. The first-order valence-corrected chi connectivity index (χ1v) is 5.72. The Morgan fingerprint density at radius 3 is 3.09 bits per heavy atom. The largest absolute Gasteiger partial charge is 0.235 e. The Morgan fingerprint density at radius 2 is 2.64 bits per heavy atom. The van der Waals surface area contributed by atoms with Gasteiger partial charge in [0.15, 0.2) is 0 Å². The van der Waals surface area contributed by atoms with Gasteiger partial charge in [0.25, 0.3) is 0 Å². The van der Waals surface area contributed by atoms with Crippen LogP contribution < -0.4 is 0 Å². The highest BCUT2D eigenvalue weighted by atomic mass is 79.9. The van der Waals surface area contributed by atoms with E-state index in [2.05, 4.69) is 32.9 Å². The number of nitrogens with zero attached hydrogens (tertiary/aromatic N) is 1. The van der Waals surface area contributed by atoms with Crippen molar-refractivity contribution in [3.05, 3.63) is 22.1 Å². The zero-order chi connectivity index (χ0) is 8.27. The average molecular weight is 250 g/mol. The second kappa shape index (κ2) is 4.28. The molecule has 60 valence electrons. The number of aryl methyl sites for hydroxylation is 1. The molecule has 0 bridgehead atoms. The van der Waals surface area contributed by atoms with Crippen LogP contribution in [0.5, 0.6) is 0 Å². The van der Waals surface area contributed by atoms with Crippen LogP contribution in [0.1, 0.15) is 5.69 Å². The van der Waals surface area contributed by atoms with Crippen LogP contribution in [-0.4, -0.2) is 10.7 Å². The van der Waals surface area contributed by atoms with Gasteiger partial charge in [-0.2, -0.15) is 0 Å². The molecule has 0 aliphatic carbocycles. The van der Waals surface area contributed by atoms with Crippen LogP contribution in [0.4, 0.5) is 0 Å². The van der Waals surface area contributed by atoms with Gasteiger partial charge in [-0.05, 0) is 11.4 Å². The predicted molar refractivity (Wildman–Crippen MR) is 55.6 cm³/mol. The second-order valence-corrected chi connectivity index (χ2v) is 5.26. The molecule has 0 spiro atoms. The molecule has 1 heterocycles. The van der Waals surface area contributed by atoms with Crippen LogP contribution in [0.25, 0.3) is 0 Å². The molecular weight excluding hydrogens is 242 g/mol. The van der Waals surface area contributed by atoms with E-state index in [0.717, 1.165) is 20.3 Å². The summed E-state index contributed by atoms with van der Waals surface area (Å²) in [7, 11) is 0. The highest BCUT2D eigenvalue weighted by Crippen LogP contribution is 2.24. The number of hydrogen-bond donors (Lipinski definition) is 0. The minimum absolute atomic E-state index is 0.896. The van der Waals surface area contributed by atoms with Crippen molar-refractivity contribution < 1.29 is 0 Å². The second-order valence-electron chi connectivity index (χ2n) is 2.06. The average Bonchev–Trinajstić information content (AvgIpc) is 2.31. The highest BCUT2D eigenvalue weighted by molar-refractivity contribution is 9.11. The molecule has 11 heavy (non-hydrogen) atoms. The summed E-state index contributed by atoms with van der Waals surface area (Å²) in [6.07, 6.45) is 0. The van der Waals surface area contributed by atoms with E-state index < -0.39 is 0 Å². The number of hydrogen-bond acceptors (Lipinski definition) is 3. The minimum Gasteiger partial charge on any atom is -0.235 e. The van der Waals surface area contributed by atoms with Gasteiger partial charge in [-0.25, -0.2) is 4.98 Å². The SMILES string of the molecule is C=C(Br)CSc1nc(C)cs1. The lowest BCUT2D eigenvalue weighted by molar-refractivity contribution is 1.16. The quantitative estimate of drug-likeness (QED) is 0.762. The van der Waals surface area contributed by atoms with Crippen LogP contribution >= 0.6 is 39.0 Å². The van der Waals surface area contributed by atoms with E-state index in [-0.39, 0.29) is 0 Å². The summed E-state index contributed by atoms with van der Waals surface area (Å²) >= 11 is 6.69. The third-order valence-electron chi connectivity index (χ3n) is 0.950. The molecule has 0 unspecified atom stereocenters. The number of thiazole rings is 1. The fourth-order valence-corrected chi connectivity index (χ4v) is 2.48. The first kappa shape index (κ1) is 9.29. The Balaban J connectivity index is 2.45. The molecule has 0 N–H and O–H groups in total. The molecule has 0 aliphatic heterocycles. The van der Waals surface area contributed by atoms with E-state index in [1.807, 2.05) is 6.92 Å². The van der Waals surface area contributed by atoms with E-state index in [0.29, 0.717) is 0 Å². The van der Waals surface area contributed by atoms with E-state index >= 15 is 0 Å². The van der Waals surface area contributed by atoms with Crippen LogP contribution in [0.3, 0.4) is 0 Å². The molecule has 1 aromatic heterocycles. The Labute approximate surface area is 83.1 Å². The molecule has 0 aromatic carbocycles. The van der Waals surface area contributed by atoms with E-state index in [1.165, 1.54) is 0 Å². The number of thioether (sulfide) groups is 1. The van der Waals surface area contributed by atoms with Gasteiger partial charge in [-0.15, -0.1) is 11.3 Å². The molecule has 1 nitrogen and oxygen atoms in total. The summed E-state index contributed by atoms with van der Waals surface area (Å²) in [6, 6.07) is 0. The molecule has 0 radical (unpaired) electrons. The zero-order valence-corrected chi connectivity index (χ0v) is 9.35. The van der Waals surface area contributed by atoms with Crippen molar-refractivity contribution in [3.63, 3.8) is 0 Å². The molecule has 0 fully saturated rings. The van der Waals surface area contributed by atoms with Gasteiger partial charge in [0.1, 0.15) is 4.34 Å². The maximum Gasteiger partial charge on any atom is 0.150 e. The van der Waals surface area contributed by atoms with Crippen molar-refractivity contribution in [2.75, 3.05) is 5.75 Å². The summed E-state index contributed by atoms with van der Waals surface area (Å²) < 4.78 is 2.12. The molecular formula is C7H8BrNS2. The van der Waals surface area contributed by atoms with E-state index in [4.69, 9.17) is 0 Å². The fraction of sp³-hybridized carbons (Fsp3) is 0.286. The lowest BCUT2D eigenvalue weighted by atomic mass is 10.6. The van der Waals surface area contributed by atoms with Crippen molar-refractivity contribution in [2.24, 2.45) is 0 Å². The molecule has 0 atom stereocenters. The smallest absolute Gasteiger partial charge is 0.150 e. The number of aromatic nitrogens is 1. The monoisotopic (exact) mass is 249 g/mol. The summed E-state index contributed by atoms with van der Waals surface area (Å²) in [5, 5.41) is 2.05. The van der Waals surface area contributed by atoms with Gasteiger partial charge in [0.05, 0.1) is 0 Å². The summed E-state index contributed by atoms with van der Waals surface area (Å²) in [4.78, 5) is 4.30. The standard InChI is InChI=1S/C7H8BrNS2/c1-5(8)3-10-7-9-6(2)4-11-7/h4H,1,3H2,2H3. The van der Waals surface area contributed by atoms with Gasteiger partial charge >= 0.3 is 0 Å². The summed E-state index contributed by atoms with van der Waals surface area (Å²) in [5.41, 5.74) is 1.10. The van der Waals surface area contributed by atoms with E-state index in [1.54, 1.807) is 23.1 Å². The van der Waals surface area contributed by atoms with Gasteiger partial charge < -0.3 is 0 Å². The van der Waals surface area contributed by atoms with Crippen LogP contribution in [0, 0.1) is 6.92 Å². The Bertz CT molecular complexity index is 257. The van der Waals surface area contributed by atoms with Gasteiger partial charge in [0, 0.05) is 16.8 Å². The molecule has 0 saturated carbocycles. The Kier molecular flexibility index (Phi) is 3.62. The third-order valence-corrected chi connectivity index (χ3v) is 3.83. The maximum absolute atomic E-state index is 4.30. The lowest BCUT2D eigenvalue weighted by Gasteiger charge is -1.92. The first-order chi connectivity index (χ1) is 5.18. The van der Waals surface area contributed by atoms with Crippen molar-refractivity contribution in [1.82, 2.24) is 4.98 Å². The van der Waals surface area contributed by atoms with Gasteiger partial charge in [-0.3, -0.25) is 0 Å². The number of halogens is 1. The minimum atomic E-state index is 0.896. The topological polar surface area (TPSA) is 12.9 Å². The van der Waals surface area contributed by atoms with Gasteiger partial charge in [0.2, 0.25) is 0 Å². The maximum atomic E-state index is 4.30. The van der Waals surface area contributed by atoms with Crippen molar-refractivity contribution in [3.8, 4) is 0 Å². The van der Waals surface area contributed by atoms with Gasteiger partial charge in [-0.1, -0.05) is 34.3 Å². The molecule has 1 rings (SSSR count). The zero-order valence-electron chi connectivity index (χ0n) is 6.13. The fourth-order valence-electron chi connectivity index (χ4n) is 0.539. The van der Waals surface area contributed by atoms with E-state index in [9.17, 15) is 0 Å². The first-order valence-electron chi connectivity index (χ1n) is 3.06. The van der Waals surface area contributed by atoms with Crippen LogP contribution in [-0.2, 0) is 0 Å². The predicted octanol–water partition coefficient (Wildman–Crippen LogP) is 3.45. The summed E-state index contributed by atoms with van der Waals surface area (Å²) in [5.74, 6) is 0.896.